The number of unbranched alkanes of at least 4 members (excludes halogenated alkanes) is 1. The Morgan fingerprint density at radius 2 is 2.00 bits per heavy atom. The predicted molar refractivity (Wildman–Crippen MR) is 117 cm³/mol. The molecule has 1 aromatic heterocycles. The number of fused-ring (bicyclic) bond motifs is 1. The summed E-state index contributed by atoms with van der Waals surface area (Å²) in [4.78, 5) is 17.2. The van der Waals surface area contributed by atoms with Gasteiger partial charge in [-0.15, -0.1) is 6.42 Å². The first-order valence-electron chi connectivity index (χ1n) is 9.25. The number of nitrogens with two attached hydrogens (primary N) is 1. The summed E-state index contributed by atoms with van der Waals surface area (Å²) >= 11 is 1.17. The molecule has 0 unspecified atom stereocenters. The molecule has 3 rings (SSSR count). The lowest BCUT2D eigenvalue weighted by molar-refractivity contribution is 0.0998. The molecule has 0 aliphatic carbocycles. The molecule has 9 heteroatoms. The smallest absolute Gasteiger partial charge is 0.279 e. The molecule has 0 radical (unpaired) electrons. The van der Waals surface area contributed by atoms with E-state index in [1.807, 2.05) is 0 Å². The van der Waals surface area contributed by atoms with Gasteiger partial charge in [-0.3, -0.25) is 4.79 Å². The summed E-state index contributed by atoms with van der Waals surface area (Å²) in [6.45, 7) is 2.90. The van der Waals surface area contributed by atoms with E-state index >= 15 is 0 Å². The molecule has 156 valence electrons. The molecule has 0 saturated carbocycles. The lowest BCUT2D eigenvalue weighted by Crippen LogP contribution is -2.16. The number of benzene rings is 2. The van der Waals surface area contributed by atoms with Gasteiger partial charge in [0.2, 0.25) is 10.0 Å². The van der Waals surface area contributed by atoms with Gasteiger partial charge < -0.3 is 9.30 Å². The molecule has 3 aromatic rings. The molecule has 0 bridgehead atoms. The van der Waals surface area contributed by atoms with E-state index in [1.165, 1.54) is 23.5 Å². The van der Waals surface area contributed by atoms with Crippen LogP contribution in [0.2, 0.25) is 0 Å². The highest BCUT2D eigenvalue weighted by Gasteiger charge is 2.13. The molecule has 0 saturated heterocycles. The number of aromatic nitrogens is 1. The lowest BCUT2D eigenvalue weighted by Gasteiger charge is -2.05. The SMILES string of the molecule is C#CCn1c(=NC(=O)c2ccc(OCCCC)cc2)sc2cc(S(N)(=O)=O)ccc21. The summed E-state index contributed by atoms with van der Waals surface area (Å²) in [6, 6.07) is 11.2. The van der Waals surface area contributed by atoms with Gasteiger partial charge in [0.25, 0.3) is 5.91 Å². The molecule has 0 aliphatic rings. The third-order valence-electron chi connectivity index (χ3n) is 4.30. The molecule has 0 aliphatic heterocycles. The quantitative estimate of drug-likeness (QED) is 0.448. The van der Waals surface area contributed by atoms with E-state index in [0.29, 0.717) is 32.9 Å². The van der Waals surface area contributed by atoms with Crippen molar-refractivity contribution < 1.29 is 17.9 Å². The number of hydrogen-bond acceptors (Lipinski definition) is 5. The van der Waals surface area contributed by atoms with Crippen LogP contribution in [0.3, 0.4) is 0 Å². The number of amides is 1. The van der Waals surface area contributed by atoms with Crippen LogP contribution in [0.5, 0.6) is 5.75 Å². The van der Waals surface area contributed by atoms with Gasteiger partial charge in [-0.2, -0.15) is 4.99 Å². The van der Waals surface area contributed by atoms with Gasteiger partial charge in [0.15, 0.2) is 4.80 Å². The zero-order valence-corrected chi connectivity index (χ0v) is 18.0. The number of ether oxygens (including phenoxy) is 1. The second-order valence-electron chi connectivity index (χ2n) is 6.49. The van der Waals surface area contributed by atoms with E-state index in [0.717, 1.165) is 12.8 Å². The fraction of sp³-hybridized carbons (Fsp3) is 0.238. The molecule has 1 amide bonds. The van der Waals surface area contributed by atoms with E-state index < -0.39 is 15.9 Å². The average Bonchev–Trinajstić information content (AvgIpc) is 3.05. The van der Waals surface area contributed by atoms with E-state index in [9.17, 15) is 13.2 Å². The molecule has 30 heavy (non-hydrogen) atoms. The largest absolute Gasteiger partial charge is 0.494 e. The van der Waals surface area contributed by atoms with Crippen LogP contribution < -0.4 is 14.7 Å². The summed E-state index contributed by atoms with van der Waals surface area (Å²) < 4.78 is 31.2. The Bertz CT molecular complexity index is 1280. The first-order chi connectivity index (χ1) is 14.3. The Kier molecular flexibility index (Phi) is 6.72. The van der Waals surface area contributed by atoms with Crippen LogP contribution in [-0.4, -0.2) is 25.5 Å². The van der Waals surface area contributed by atoms with Crippen molar-refractivity contribution >= 4 is 37.5 Å². The normalized spacial score (nSPS) is 12.1. The fourth-order valence-electron chi connectivity index (χ4n) is 2.74. The number of carbonyl (C=O) groups is 1. The number of rotatable bonds is 7. The van der Waals surface area contributed by atoms with Gasteiger partial charge in [0, 0.05) is 5.56 Å². The summed E-state index contributed by atoms with van der Waals surface area (Å²) in [5.41, 5.74) is 1.09. The maximum atomic E-state index is 12.7. The van der Waals surface area contributed by atoms with Crippen LogP contribution in [0.1, 0.15) is 30.1 Å². The minimum Gasteiger partial charge on any atom is -0.494 e. The van der Waals surface area contributed by atoms with E-state index in [2.05, 4.69) is 17.8 Å². The highest BCUT2D eigenvalue weighted by Crippen LogP contribution is 2.21. The predicted octanol–water partition coefficient (Wildman–Crippen LogP) is 2.90. The number of carbonyl (C=O) groups excluding carboxylic acids is 1. The number of hydrogen-bond donors (Lipinski definition) is 1. The van der Waals surface area contributed by atoms with Crippen LogP contribution in [0.25, 0.3) is 10.2 Å². The molecular weight excluding hydrogens is 422 g/mol. The summed E-state index contributed by atoms with van der Waals surface area (Å²) in [6.07, 6.45) is 7.47. The number of terminal acetylenes is 1. The van der Waals surface area contributed by atoms with Crippen molar-refractivity contribution in [1.29, 1.82) is 0 Å². The first-order valence-corrected chi connectivity index (χ1v) is 11.6. The zero-order valence-electron chi connectivity index (χ0n) is 16.4. The summed E-state index contributed by atoms with van der Waals surface area (Å²) in [7, 11) is -3.84. The van der Waals surface area contributed by atoms with Gasteiger partial charge in [-0.1, -0.05) is 30.6 Å². The number of nitrogens with zero attached hydrogens (tertiary/aromatic N) is 2. The molecular formula is C21H21N3O4S2. The second-order valence-corrected chi connectivity index (χ2v) is 9.06. The third kappa shape index (κ3) is 4.97. The van der Waals surface area contributed by atoms with Crippen molar-refractivity contribution in [2.45, 2.75) is 31.2 Å². The van der Waals surface area contributed by atoms with Crippen molar-refractivity contribution in [2.24, 2.45) is 10.1 Å². The summed E-state index contributed by atoms with van der Waals surface area (Å²) in [5.74, 6) is 2.79. The highest BCUT2D eigenvalue weighted by atomic mass is 32.2. The Hall–Kier alpha value is -2.93. The number of thiazole rings is 1. The molecule has 2 aromatic carbocycles. The molecule has 0 atom stereocenters. The summed E-state index contributed by atoms with van der Waals surface area (Å²) in [5, 5.41) is 5.21. The number of sulfonamides is 1. The van der Waals surface area contributed by atoms with Gasteiger partial charge >= 0.3 is 0 Å². The second kappa shape index (κ2) is 9.26. The van der Waals surface area contributed by atoms with Gasteiger partial charge in [-0.05, 0) is 48.9 Å². The van der Waals surface area contributed by atoms with Crippen LogP contribution in [0.15, 0.2) is 52.4 Å². The van der Waals surface area contributed by atoms with E-state index in [4.69, 9.17) is 16.3 Å². The Labute approximate surface area is 178 Å². The van der Waals surface area contributed by atoms with Crippen molar-refractivity contribution in [3.05, 3.63) is 52.8 Å². The fourth-order valence-corrected chi connectivity index (χ4v) is 4.42. The molecule has 2 N–H and O–H groups in total. The zero-order chi connectivity index (χ0) is 21.7. The number of primary sulfonamides is 1. The van der Waals surface area contributed by atoms with Gasteiger partial charge in [-0.25, -0.2) is 13.6 Å². The molecule has 0 spiro atoms. The van der Waals surface area contributed by atoms with Crippen LogP contribution in [-0.2, 0) is 16.6 Å². The minimum atomic E-state index is -3.84. The topological polar surface area (TPSA) is 104 Å². The van der Waals surface area contributed by atoms with Crippen molar-refractivity contribution in [2.75, 3.05) is 6.61 Å². The Morgan fingerprint density at radius 1 is 1.27 bits per heavy atom. The van der Waals surface area contributed by atoms with E-state index in [-0.39, 0.29) is 11.4 Å². The van der Waals surface area contributed by atoms with Crippen LogP contribution >= 0.6 is 11.3 Å². The molecule has 7 nitrogen and oxygen atoms in total. The third-order valence-corrected chi connectivity index (χ3v) is 6.25. The average molecular weight is 444 g/mol. The Balaban J connectivity index is 1.97. The highest BCUT2D eigenvalue weighted by molar-refractivity contribution is 7.89. The van der Waals surface area contributed by atoms with Crippen molar-refractivity contribution in [3.63, 3.8) is 0 Å². The minimum absolute atomic E-state index is 0.0133. The first kappa shape index (κ1) is 21.8. The lowest BCUT2D eigenvalue weighted by atomic mass is 10.2. The molecule has 1 heterocycles. The maximum absolute atomic E-state index is 12.7. The maximum Gasteiger partial charge on any atom is 0.279 e. The standard InChI is InChI=1S/C21H21N3O4S2/c1-3-5-13-28-16-8-6-15(7-9-16)20(25)23-21-24(12-4-2)18-11-10-17(30(22,26)27)14-19(18)29-21/h2,6-11,14H,3,5,12-13H2,1H3,(H2,22,26,27). The van der Waals surface area contributed by atoms with Crippen LogP contribution in [0, 0.1) is 12.3 Å². The van der Waals surface area contributed by atoms with Crippen LogP contribution in [0.4, 0.5) is 0 Å². The Morgan fingerprint density at radius 3 is 2.63 bits per heavy atom. The van der Waals surface area contributed by atoms with Crippen molar-refractivity contribution in [1.82, 2.24) is 4.57 Å². The van der Waals surface area contributed by atoms with E-state index in [1.54, 1.807) is 34.9 Å². The van der Waals surface area contributed by atoms with Gasteiger partial charge in [0.05, 0.1) is 28.3 Å². The van der Waals surface area contributed by atoms with Crippen molar-refractivity contribution in [3.8, 4) is 18.1 Å². The molecule has 0 fully saturated rings. The van der Waals surface area contributed by atoms with Gasteiger partial charge in [0.1, 0.15) is 5.75 Å². The monoisotopic (exact) mass is 443 g/mol.